The molecule has 0 saturated carbocycles. The largest absolute Gasteiger partial charge is 0.357 e. The van der Waals surface area contributed by atoms with Gasteiger partial charge in [0.05, 0.1) is 18.1 Å². The highest BCUT2D eigenvalue weighted by Crippen LogP contribution is 2.15. The second kappa shape index (κ2) is 9.16. The van der Waals surface area contributed by atoms with Crippen LogP contribution in [0.5, 0.6) is 0 Å². The zero-order valence-electron chi connectivity index (χ0n) is 12.7. The van der Waals surface area contributed by atoms with Crippen LogP contribution < -0.4 is 10.6 Å². The molecule has 1 saturated heterocycles. The van der Waals surface area contributed by atoms with Crippen molar-refractivity contribution in [1.82, 2.24) is 10.6 Å². The first-order valence-electron chi connectivity index (χ1n) is 7.08. The Morgan fingerprint density at radius 2 is 2.17 bits per heavy atom. The van der Waals surface area contributed by atoms with Crippen LogP contribution in [0.15, 0.2) is 27.7 Å². The van der Waals surface area contributed by atoms with Gasteiger partial charge in [0.15, 0.2) is 15.8 Å². The molecule has 0 amide bonds. The maximum absolute atomic E-state index is 13.3. The third-order valence-corrected chi connectivity index (χ3v) is 5.49. The molecule has 9 heteroatoms. The van der Waals surface area contributed by atoms with Crippen LogP contribution in [0.1, 0.15) is 18.9 Å². The van der Waals surface area contributed by atoms with Crippen molar-refractivity contribution in [1.29, 1.82) is 0 Å². The fourth-order valence-corrected chi connectivity index (χ4v) is 4.48. The fourth-order valence-electron chi connectivity index (χ4n) is 2.29. The van der Waals surface area contributed by atoms with Gasteiger partial charge in [-0.3, -0.25) is 0 Å². The molecule has 1 fully saturated rings. The SMILES string of the molecule is CCNC(=NCc1cc(F)cc(Br)c1)NC1CCS(=O)(=O)C1.I. The normalized spacial score (nSPS) is 20.0. The Morgan fingerprint density at radius 3 is 2.74 bits per heavy atom. The molecule has 1 atom stereocenters. The molecule has 2 N–H and O–H groups in total. The fraction of sp³-hybridized carbons (Fsp3) is 0.500. The van der Waals surface area contributed by atoms with Crippen LogP contribution in [0.2, 0.25) is 0 Å². The Morgan fingerprint density at radius 1 is 1.43 bits per heavy atom. The Labute approximate surface area is 161 Å². The standard InChI is InChI=1S/C14H19BrFN3O2S.HI/c1-2-17-14(19-13-3-4-22(20,21)9-13)18-8-10-5-11(15)7-12(16)6-10;/h5-7,13H,2-4,8-9H2,1H3,(H2,17,18,19);1H. The van der Waals surface area contributed by atoms with Crippen LogP contribution in [-0.2, 0) is 16.4 Å². The summed E-state index contributed by atoms with van der Waals surface area (Å²) in [6.07, 6.45) is 0.582. The van der Waals surface area contributed by atoms with E-state index in [4.69, 9.17) is 0 Å². The first-order valence-corrected chi connectivity index (χ1v) is 9.69. The lowest BCUT2D eigenvalue weighted by Gasteiger charge is -2.15. The first-order chi connectivity index (χ1) is 10.4. The number of nitrogens with zero attached hydrogens (tertiary/aromatic N) is 1. The average Bonchev–Trinajstić information content (AvgIpc) is 2.74. The van der Waals surface area contributed by atoms with E-state index in [-0.39, 0.29) is 47.3 Å². The lowest BCUT2D eigenvalue weighted by atomic mass is 10.2. The van der Waals surface area contributed by atoms with Crippen molar-refractivity contribution in [2.24, 2.45) is 4.99 Å². The molecule has 5 nitrogen and oxygen atoms in total. The van der Waals surface area contributed by atoms with Crippen molar-refractivity contribution in [3.8, 4) is 0 Å². The average molecular weight is 520 g/mol. The van der Waals surface area contributed by atoms with E-state index in [1.807, 2.05) is 6.92 Å². The molecule has 1 aliphatic rings. The summed E-state index contributed by atoms with van der Waals surface area (Å²) in [5.41, 5.74) is 0.739. The lowest BCUT2D eigenvalue weighted by molar-refractivity contribution is 0.599. The Balaban J connectivity index is 0.00000264. The summed E-state index contributed by atoms with van der Waals surface area (Å²) in [5, 5.41) is 6.20. The summed E-state index contributed by atoms with van der Waals surface area (Å²) in [4.78, 5) is 4.39. The second-order valence-corrected chi connectivity index (χ2v) is 8.36. The monoisotopic (exact) mass is 519 g/mol. The van der Waals surface area contributed by atoms with Gasteiger partial charge in [-0.2, -0.15) is 0 Å². The van der Waals surface area contributed by atoms with E-state index >= 15 is 0 Å². The van der Waals surface area contributed by atoms with Crippen LogP contribution in [0.25, 0.3) is 0 Å². The number of rotatable bonds is 4. The van der Waals surface area contributed by atoms with Gasteiger partial charge in [0.1, 0.15) is 5.82 Å². The van der Waals surface area contributed by atoms with Crippen molar-refractivity contribution in [3.05, 3.63) is 34.1 Å². The number of nitrogens with one attached hydrogen (secondary N) is 2. The van der Waals surface area contributed by atoms with E-state index in [1.165, 1.54) is 12.1 Å². The minimum absolute atomic E-state index is 0. The minimum Gasteiger partial charge on any atom is -0.357 e. The number of benzene rings is 1. The van der Waals surface area contributed by atoms with E-state index in [1.54, 1.807) is 6.07 Å². The van der Waals surface area contributed by atoms with Gasteiger partial charge in [0.25, 0.3) is 0 Å². The van der Waals surface area contributed by atoms with Crippen LogP contribution in [0.3, 0.4) is 0 Å². The number of hydrogen-bond acceptors (Lipinski definition) is 3. The molecule has 1 aromatic rings. The molecule has 0 bridgehead atoms. The highest BCUT2D eigenvalue weighted by atomic mass is 127. The van der Waals surface area contributed by atoms with Gasteiger partial charge in [-0.1, -0.05) is 15.9 Å². The van der Waals surface area contributed by atoms with Gasteiger partial charge in [-0.25, -0.2) is 17.8 Å². The summed E-state index contributed by atoms with van der Waals surface area (Å²) in [7, 11) is -2.94. The zero-order valence-corrected chi connectivity index (χ0v) is 17.4. The second-order valence-electron chi connectivity index (χ2n) is 5.22. The molecular weight excluding hydrogens is 500 g/mol. The van der Waals surface area contributed by atoms with Crippen molar-refractivity contribution in [2.75, 3.05) is 18.1 Å². The van der Waals surface area contributed by atoms with Gasteiger partial charge in [0, 0.05) is 17.1 Å². The summed E-state index contributed by atoms with van der Waals surface area (Å²) in [5.74, 6) is 0.563. The van der Waals surface area contributed by atoms with Gasteiger partial charge < -0.3 is 10.6 Å². The van der Waals surface area contributed by atoms with E-state index < -0.39 is 9.84 Å². The first kappa shape index (κ1) is 20.6. The Bertz CT molecular complexity index is 650. The van der Waals surface area contributed by atoms with Gasteiger partial charge in [-0.05, 0) is 37.1 Å². The number of halogens is 3. The Kier molecular flexibility index (Phi) is 8.22. The summed E-state index contributed by atoms with van der Waals surface area (Å²) in [6.45, 7) is 2.91. The molecule has 1 heterocycles. The van der Waals surface area contributed by atoms with E-state index in [0.717, 1.165) is 5.56 Å². The van der Waals surface area contributed by atoms with Crippen LogP contribution in [0.4, 0.5) is 4.39 Å². The van der Waals surface area contributed by atoms with Gasteiger partial charge >= 0.3 is 0 Å². The molecule has 0 radical (unpaired) electrons. The molecule has 1 unspecified atom stereocenters. The topological polar surface area (TPSA) is 70.6 Å². The molecule has 0 spiro atoms. The van der Waals surface area contributed by atoms with E-state index in [9.17, 15) is 12.8 Å². The predicted octanol–water partition coefficient (Wildman–Crippen LogP) is 2.45. The number of aliphatic imine (C=N–C) groups is 1. The molecule has 130 valence electrons. The van der Waals surface area contributed by atoms with E-state index in [0.29, 0.717) is 29.9 Å². The minimum atomic E-state index is -2.94. The van der Waals surface area contributed by atoms with E-state index in [2.05, 4.69) is 31.6 Å². The summed E-state index contributed by atoms with van der Waals surface area (Å²) < 4.78 is 37.0. The molecular formula is C14H20BrFIN3O2S. The van der Waals surface area contributed by atoms with Crippen molar-refractivity contribution in [2.45, 2.75) is 25.9 Å². The molecule has 0 aromatic heterocycles. The van der Waals surface area contributed by atoms with Crippen molar-refractivity contribution in [3.63, 3.8) is 0 Å². The lowest BCUT2D eigenvalue weighted by Crippen LogP contribution is -2.44. The Hall–Kier alpha value is -0.420. The third-order valence-electron chi connectivity index (χ3n) is 3.26. The highest BCUT2D eigenvalue weighted by Gasteiger charge is 2.28. The maximum Gasteiger partial charge on any atom is 0.191 e. The van der Waals surface area contributed by atoms with Crippen LogP contribution >= 0.6 is 39.9 Å². The number of guanidine groups is 1. The zero-order chi connectivity index (χ0) is 16.2. The molecule has 23 heavy (non-hydrogen) atoms. The molecule has 0 aliphatic carbocycles. The van der Waals surface area contributed by atoms with Crippen molar-refractivity contribution < 1.29 is 12.8 Å². The molecule has 2 rings (SSSR count). The number of hydrogen-bond donors (Lipinski definition) is 2. The smallest absolute Gasteiger partial charge is 0.191 e. The predicted molar refractivity (Wildman–Crippen MR) is 105 cm³/mol. The maximum atomic E-state index is 13.3. The summed E-state index contributed by atoms with van der Waals surface area (Å²) in [6, 6.07) is 4.50. The molecule has 1 aromatic carbocycles. The van der Waals surface area contributed by atoms with Crippen LogP contribution in [-0.4, -0.2) is 38.5 Å². The quantitative estimate of drug-likeness (QED) is 0.364. The number of sulfone groups is 1. The van der Waals surface area contributed by atoms with Gasteiger partial charge in [0.2, 0.25) is 0 Å². The van der Waals surface area contributed by atoms with Crippen molar-refractivity contribution >= 4 is 55.7 Å². The van der Waals surface area contributed by atoms with Gasteiger partial charge in [-0.15, -0.1) is 24.0 Å². The highest BCUT2D eigenvalue weighted by molar-refractivity contribution is 14.0. The third kappa shape index (κ3) is 6.92. The van der Waals surface area contributed by atoms with Crippen LogP contribution in [0, 0.1) is 5.82 Å². The molecule has 1 aliphatic heterocycles. The summed E-state index contributed by atoms with van der Waals surface area (Å²) >= 11 is 3.25.